The molecule has 2 aromatic rings. The van der Waals surface area contributed by atoms with Gasteiger partial charge in [-0.1, -0.05) is 35.9 Å². The molecule has 0 aromatic heterocycles. The second-order valence-corrected chi connectivity index (χ2v) is 7.92. The zero-order valence-corrected chi connectivity index (χ0v) is 16.1. The van der Waals surface area contributed by atoms with Crippen LogP contribution in [0.2, 0.25) is 5.02 Å². The van der Waals surface area contributed by atoms with Crippen LogP contribution in [0.25, 0.3) is 0 Å². The fraction of sp³-hybridized carbons (Fsp3) is 0.333. The summed E-state index contributed by atoms with van der Waals surface area (Å²) in [6.45, 7) is 7.86. The van der Waals surface area contributed by atoms with Crippen LogP contribution in [0.5, 0.6) is 0 Å². The first kappa shape index (κ1) is 18.5. The quantitative estimate of drug-likeness (QED) is 0.717. The van der Waals surface area contributed by atoms with Crippen molar-refractivity contribution < 1.29 is 14.3 Å². The number of fused-ring (bicyclic) bond motifs is 1. The Morgan fingerprint density at radius 2 is 1.81 bits per heavy atom. The second-order valence-electron chi connectivity index (χ2n) is 7.51. The molecule has 0 spiro atoms. The average molecular weight is 372 g/mol. The maximum absolute atomic E-state index is 12.7. The van der Waals surface area contributed by atoms with Crippen molar-refractivity contribution in [2.24, 2.45) is 0 Å². The SMILES string of the molecule is CC(C(=O)OC(C)(C)C)c1ccc(N2Cc3cccc(Cl)c3C2=O)cc1. The molecule has 1 unspecified atom stereocenters. The van der Waals surface area contributed by atoms with E-state index in [-0.39, 0.29) is 17.8 Å². The average Bonchev–Trinajstić information content (AvgIpc) is 2.91. The highest BCUT2D eigenvalue weighted by Crippen LogP contribution is 2.33. The molecule has 26 heavy (non-hydrogen) atoms. The van der Waals surface area contributed by atoms with Crippen molar-refractivity contribution in [2.45, 2.75) is 45.8 Å². The fourth-order valence-electron chi connectivity index (χ4n) is 2.99. The maximum atomic E-state index is 12.7. The van der Waals surface area contributed by atoms with E-state index in [1.165, 1.54) is 0 Å². The number of ether oxygens (including phenoxy) is 1. The Morgan fingerprint density at radius 1 is 1.15 bits per heavy atom. The summed E-state index contributed by atoms with van der Waals surface area (Å²) in [5, 5.41) is 0.477. The number of hydrogen-bond acceptors (Lipinski definition) is 3. The van der Waals surface area contributed by atoms with E-state index < -0.39 is 5.60 Å². The molecule has 136 valence electrons. The molecule has 1 aliphatic rings. The molecule has 1 amide bonds. The van der Waals surface area contributed by atoms with Gasteiger partial charge in [0, 0.05) is 5.69 Å². The van der Waals surface area contributed by atoms with Crippen molar-refractivity contribution in [2.75, 3.05) is 4.90 Å². The lowest BCUT2D eigenvalue weighted by Crippen LogP contribution is -2.27. The first-order valence-electron chi connectivity index (χ1n) is 8.59. The molecule has 5 heteroatoms. The second kappa shape index (κ2) is 6.76. The van der Waals surface area contributed by atoms with Crippen LogP contribution in [-0.4, -0.2) is 17.5 Å². The molecule has 1 heterocycles. The standard InChI is InChI=1S/C21H22ClNO3/c1-13(20(25)26-21(2,3)4)14-8-10-16(11-9-14)23-12-15-6-5-7-17(22)18(15)19(23)24/h5-11,13H,12H2,1-4H3. The lowest BCUT2D eigenvalue weighted by molar-refractivity contribution is -0.156. The van der Waals surface area contributed by atoms with E-state index in [1.807, 2.05) is 64.1 Å². The molecule has 0 radical (unpaired) electrons. The van der Waals surface area contributed by atoms with E-state index in [0.29, 0.717) is 17.1 Å². The van der Waals surface area contributed by atoms with E-state index in [4.69, 9.17) is 16.3 Å². The number of carbonyl (C=O) groups is 2. The Hall–Kier alpha value is -2.33. The Kier molecular flexibility index (Phi) is 4.80. The highest BCUT2D eigenvalue weighted by molar-refractivity contribution is 6.35. The third kappa shape index (κ3) is 3.61. The van der Waals surface area contributed by atoms with Crippen LogP contribution in [0.3, 0.4) is 0 Å². The van der Waals surface area contributed by atoms with Crippen molar-refractivity contribution in [3.05, 3.63) is 64.2 Å². The van der Waals surface area contributed by atoms with Gasteiger partial charge < -0.3 is 9.64 Å². The van der Waals surface area contributed by atoms with Crippen molar-refractivity contribution in [1.29, 1.82) is 0 Å². The number of nitrogens with zero attached hydrogens (tertiary/aromatic N) is 1. The molecule has 0 saturated heterocycles. The molecule has 0 bridgehead atoms. The molecule has 3 rings (SSSR count). The van der Waals surface area contributed by atoms with Gasteiger partial charge in [0.05, 0.1) is 23.0 Å². The van der Waals surface area contributed by atoms with Crippen LogP contribution in [0.4, 0.5) is 5.69 Å². The first-order chi connectivity index (χ1) is 12.2. The number of benzene rings is 2. The monoisotopic (exact) mass is 371 g/mol. The van der Waals surface area contributed by atoms with E-state index >= 15 is 0 Å². The predicted octanol–water partition coefficient (Wildman–Crippen LogP) is 4.95. The third-order valence-corrected chi connectivity index (χ3v) is 4.67. The van der Waals surface area contributed by atoms with Crippen LogP contribution in [-0.2, 0) is 16.1 Å². The Balaban J connectivity index is 1.78. The molecule has 0 aliphatic carbocycles. The van der Waals surface area contributed by atoms with Gasteiger partial charge in [-0.3, -0.25) is 9.59 Å². The maximum Gasteiger partial charge on any atom is 0.313 e. The molecule has 1 aliphatic heterocycles. The van der Waals surface area contributed by atoms with Gasteiger partial charge >= 0.3 is 5.97 Å². The molecule has 0 fully saturated rings. The fourth-order valence-corrected chi connectivity index (χ4v) is 3.27. The summed E-state index contributed by atoms with van der Waals surface area (Å²) in [5.41, 5.74) is 2.61. The topological polar surface area (TPSA) is 46.6 Å². The van der Waals surface area contributed by atoms with Gasteiger partial charge in [-0.25, -0.2) is 0 Å². The van der Waals surface area contributed by atoms with Gasteiger partial charge in [0.2, 0.25) is 0 Å². The number of hydrogen-bond donors (Lipinski definition) is 0. The van der Waals surface area contributed by atoms with Gasteiger partial charge in [0.15, 0.2) is 0 Å². The molecule has 1 atom stereocenters. The van der Waals surface area contributed by atoms with Gasteiger partial charge in [-0.05, 0) is 57.0 Å². The molecule has 4 nitrogen and oxygen atoms in total. The molecule has 0 N–H and O–H groups in total. The van der Waals surface area contributed by atoms with Crippen molar-refractivity contribution >= 4 is 29.2 Å². The summed E-state index contributed by atoms with van der Waals surface area (Å²) in [4.78, 5) is 26.6. The highest BCUT2D eigenvalue weighted by atomic mass is 35.5. The zero-order chi connectivity index (χ0) is 19.1. The summed E-state index contributed by atoms with van der Waals surface area (Å²) in [7, 11) is 0. The van der Waals surface area contributed by atoms with Crippen LogP contribution in [0.15, 0.2) is 42.5 Å². The number of amides is 1. The Bertz CT molecular complexity index is 853. The summed E-state index contributed by atoms with van der Waals surface area (Å²) in [6, 6.07) is 12.9. The summed E-state index contributed by atoms with van der Waals surface area (Å²) in [5.74, 6) is -0.732. The minimum atomic E-state index is -0.516. The predicted molar refractivity (Wildman–Crippen MR) is 103 cm³/mol. The number of rotatable bonds is 3. The number of esters is 1. The van der Waals surface area contributed by atoms with E-state index in [9.17, 15) is 9.59 Å². The largest absolute Gasteiger partial charge is 0.460 e. The van der Waals surface area contributed by atoms with Gasteiger partial charge in [-0.2, -0.15) is 0 Å². The normalized spacial score (nSPS) is 15.0. The zero-order valence-electron chi connectivity index (χ0n) is 15.4. The van der Waals surface area contributed by atoms with Crippen molar-refractivity contribution in [3.8, 4) is 0 Å². The summed E-state index contributed by atoms with van der Waals surface area (Å²) in [6.07, 6.45) is 0. The van der Waals surface area contributed by atoms with Gasteiger partial charge in [0.25, 0.3) is 5.91 Å². The van der Waals surface area contributed by atoms with Crippen molar-refractivity contribution in [3.63, 3.8) is 0 Å². The summed E-state index contributed by atoms with van der Waals surface area (Å²) < 4.78 is 5.44. The van der Waals surface area contributed by atoms with Gasteiger partial charge in [-0.15, -0.1) is 0 Å². The van der Waals surface area contributed by atoms with E-state index in [0.717, 1.165) is 16.8 Å². The van der Waals surface area contributed by atoms with Gasteiger partial charge in [0.1, 0.15) is 5.60 Å². The number of anilines is 1. The minimum absolute atomic E-state index is 0.0986. The molecule has 2 aromatic carbocycles. The molecular weight excluding hydrogens is 350 g/mol. The Labute approximate surface area is 158 Å². The smallest absolute Gasteiger partial charge is 0.313 e. The first-order valence-corrected chi connectivity index (χ1v) is 8.97. The van der Waals surface area contributed by atoms with Crippen LogP contribution >= 0.6 is 11.6 Å². The highest BCUT2D eigenvalue weighted by Gasteiger charge is 2.30. The number of halogens is 1. The lowest BCUT2D eigenvalue weighted by atomic mass is 10.0. The van der Waals surface area contributed by atoms with E-state index in [1.54, 1.807) is 11.0 Å². The summed E-state index contributed by atoms with van der Waals surface area (Å²) >= 11 is 6.17. The van der Waals surface area contributed by atoms with E-state index in [2.05, 4.69) is 0 Å². The third-order valence-electron chi connectivity index (χ3n) is 4.35. The molecule has 0 saturated carbocycles. The van der Waals surface area contributed by atoms with Crippen molar-refractivity contribution in [1.82, 2.24) is 0 Å². The minimum Gasteiger partial charge on any atom is -0.460 e. The Morgan fingerprint density at radius 3 is 2.38 bits per heavy atom. The van der Waals surface area contributed by atoms with Crippen LogP contribution in [0, 0.1) is 0 Å². The van der Waals surface area contributed by atoms with Crippen LogP contribution < -0.4 is 4.90 Å². The van der Waals surface area contributed by atoms with Crippen LogP contribution in [0.1, 0.15) is 55.1 Å². The molecular formula is C21H22ClNO3. The lowest BCUT2D eigenvalue weighted by Gasteiger charge is -2.23. The number of carbonyl (C=O) groups excluding carboxylic acids is 2.